The molecule has 0 aliphatic heterocycles. The van der Waals surface area contributed by atoms with E-state index in [0.29, 0.717) is 0 Å². The van der Waals surface area contributed by atoms with E-state index in [1.807, 2.05) is 0 Å². The van der Waals surface area contributed by atoms with Gasteiger partial charge in [0.15, 0.2) is 0 Å². The van der Waals surface area contributed by atoms with Crippen LogP contribution in [-0.2, 0) is 17.1 Å². The Morgan fingerprint density at radius 1 is 1.00 bits per heavy atom. The zero-order valence-corrected chi connectivity index (χ0v) is 5.89. The van der Waals surface area contributed by atoms with Gasteiger partial charge in [-0.05, 0) is 0 Å². The second-order valence-corrected chi connectivity index (χ2v) is 0. The Hall–Kier alpha value is 3.06. The van der Waals surface area contributed by atoms with E-state index in [4.69, 9.17) is 0 Å². The van der Waals surface area contributed by atoms with Gasteiger partial charge in [0.05, 0.1) is 0 Å². The van der Waals surface area contributed by atoms with E-state index in [9.17, 15) is 0 Å². The topological polar surface area (TPSA) is 0 Å². The van der Waals surface area contributed by atoms with Crippen LogP contribution >= 0.6 is 0 Å². The molecule has 0 nitrogen and oxygen atoms in total. The summed E-state index contributed by atoms with van der Waals surface area (Å²) in [5, 5.41) is 0. The molecule has 0 aliphatic rings. The van der Waals surface area contributed by atoms with Gasteiger partial charge in [-0.15, -0.1) is 0 Å². The minimum atomic E-state index is 0. The van der Waals surface area contributed by atoms with Crippen molar-refractivity contribution in [1.82, 2.24) is 0 Å². The molecule has 0 rings (SSSR count). The van der Waals surface area contributed by atoms with Crippen molar-refractivity contribution >= 4 is 74.0 Å². The first-order valence-corrected chi connectivity index (χ1v) is 5.40. The van der Waals surface area contributed by atoms with Crippen LogP contribution in [0.1, 0.15) is 0 Å². The molecule has 0 saturated carbocycles. The Morgan fingerprint density at radius 3 is 1.00 bits per heavy atom. The molecule has 0 atom stereocenters. The first-order valence-electron chi connectivity index (χ1n) is 0.200. The Kier molecular flexibility index (Phi) is 135. The summed E-state index contributed by atoms with van der Waals surface area (Å²) in [6.45, 7) is 0. The molecule has 0 aliphatic carbocycles. The predicted molar refractivity (Wildman–Crippen MR) is 34.2 cm³/mol. The summed E-state index contributed by atoms with van der Waals surface area (Å²) >= 11 is 4.50. The zero-order valence-electron chi connectivity index (χ0n) is 1.20. The second kappa shape index (κ2) is 27.7. The van der Waals surface area contributed by atoms with Crippen molar-refractivity contribution in [2.24, 2.45) is 0 Å². The third-order valence-corrected chi connectivity index (χ3v) is 0. The molecule has 0 amide bonds. The summed E-state index contributed by atoms with van der Waals surface area (Å²) in [6.07, 6.45) is 0. The van der Waals surface area contributed by atoms with Crippen LogP contribution in [0.15, 0.2) is 0 Å². The standard InChI is InChI=1S/Cu.Ga.In.H2Se2.6H/c;;;1-2;;;;;;/h;;;1-2H;;;;;;. The van der Waals surface area contributed by atoms with E-state index in [-0.39, 0.29) is 62.7 Å². The van der Waals surface area contributed by atoms with Gasteiger partial charge in [0.2, 0.25) is 0 Å². The van der Waals surface area contributed by atoms with Crippen LogP contribution in [-0.4, -0.2) is 74.0 Å². The minimum absolute atomic E-state index is 0. The van der Waals surface area contributed by atoms with Gasteiger partial charge in [0.25, 0.3) is 0 Å². The molecule has 0 heterocycles. The van der Waals surface area contributed by atoms with Crippen molar-refractivity contribution in [3.63, 3.8) is 0 Å². The summed E-state index contributed by atoms with van der Waals surface area (Å²) in [7, 11) is 0. The third-order valence-electron chi connectivity index (χ3n) is 0. The van der Waals surface area contributed by atoms with E-state index in [1.54, 1.807) is 0 Å². The quantitative estimate of drug-likeness (QED) is 0.359. The third kappa shape index (κ3) is 19.3. The monoisotopic (exact) mass is 415 g/mol. The van der Waals surface area contributed by atoms with Crippen LogP contribution in [0.25, 0.3) is 0 Å². The van der Waals surface area contributed by atoms with Gasteiger partial charge in [0, 0.05) is 17.1 Å². The molecule has 0 spiro atoms. The molecule has 1 radical (unpaired) electrons. The Balaban J connectivity index is -0.00000000167. The Bertz CT molecular complexity index is 9.61. The fourth-order valence-electron chi connectivity index (χ4n) is 0. The van der Waals surface area contributed by atoms with Crippen molar-refractivity contribution in [2.75, 3.05) is 0 Å². The van der Waals surface area contributed by atoms with Gasteiger partial charge in [-0.1, -0.05) is 0 Å². The van der Waals surface area contributed by atoms with Gasteiger partial charge in [-0.3, -0.25) is 0 Å². The van der Waals surface area contributed by atoms with Crippen LogP contribution in [0.5, 0.6) is 0 Å². The van der Waals surface area contributed by atoms with Crippen molar-refractivity contribution < 1.29 is 17.1 Å². The van der Waals surface area contributed by atoms with Crippen molar-refractivity contribution in [1.29, 1.82) is 0 Å². The average molecular weight is 414 g/mol. The second-order valence-electron chi connectivity index (χ2n) is 0. The Morgan fingerprint density at radius 2 is 1.00 bits per heavy atom. The fourth-order valence-corrected chi connectivity index (χ4v) is 0. The molecule has 0 aromatic heterocycles. The van der Waals surface area contributed by atoms with Crippen LogP contribution in [0.3, 0.4) is 0 Å². The molecule has 0 saturated heterocycles. The van der Waals surface area contributed by atoms with Crippen LogP contribution in [0.2, 0.25) is 0 Å². The van der Waals surface area contributed by atoms with Gasteiger partial charge in [-0.2, -0.15) is 0 Å². The maximum absolute atomic E-state index is 2.25. The van der Waals surface area contributed by atoms with Gasteiger partial charge in [0.1, 0.15) is 0 Å². The molecule has 5 heavy (non-hydrogen) atoms. The van der Waals surface area contributed by atoms with Crippen LogP contribution in [0, 0.1) is 0 Å². The number of hydrogen-bond donors (Lipinski definition) is 0. The van der Waals surface area contributed by atoms with E-state index >= 15 is 0 Å². The van der Waals surface area contributed by atoms with Gasteiger partial charge < -0.3 is 0 Å². The molecule has 0 bridgehead atoms. The summed E-state index contributed by atoms with van der Waals surface area (Å²) in [6, 6.07) is 0. The normalized spacial score (nSPS) is 1.20. The van der Waals surface area contributed by atoms with Crippen molar-refractivity contribution in [3.8, 4) is 0 Å². The summed E-state index contributed by atoms with van der Waals surface area (Å²) in [4.78, 5) is 0. The maximum atomic E-state index is 2.25. The van der Waals surface area contributed by atoms with Gasteiger partial charge >= 0.3 is 74.0 Å². The van der Waals surface area contributed by atoms with Crippen molar-refractivity contribution in [3.05, 3.63) is 0 Å². The SMILES string of the molecule is [Cu].[GaH3].[InH3].[SeH][SeH]. The molecule has 0 fully saturated rings. The molecule has 37 valence electrons. The summed E-state index contributed by atoms with van der Waals surface area (Å²) in [5.74, 6) is 0. The molecule has 0 aromatic rings. The van der Waals surface area contributed by atoms with Crippen LogP contribution < -0.4 is 0 Å². The van der Waals surface area contributed by atoms with E-state index in [2.05, 4.69) is 28.4 Å². The number of rotatable bonds is 0. The predicted octanol–water partition coefficient (Wildman–Crippen LogP) is -3.67. The Labute approximate surface area is 89.5 Å². The van der Waals surface area contributed by atoms with E-state index in [1.165, 1.54) is 0 Å². The van der Waals surface area contributed by atoms with Gasteiger partial charge in [-0.25, -0.2) is 0 Å². The first kappa shape index (κ1) is 24.4. The van der Waals surface area contributed by atoms with Crippen molar-refractivity contribution in [2.45, 2.75) is 0 Å². The van der Waals surface area contributed by atoms with Crippen LogP contribution in [0.4, 0.5) is 0 Å². The molecule has 0 aromatic carbocycles. The fraction of sp³-hybridized carbons (Fsp3) is 0. The number of hydrogen-bond acceptors (Lipinski definition) is 0. The summed E-state index contributed by atoms with van der Waals surface area (Å²) < 4.78 is 0. The van der Waals surface area contributed by atoms with E-state index < -0.39 is 0 Å². The molecular formula is H8CuGaInSe2. The molecule has 0 N–H and O–H groups in total. The molecule has 0 unspecified atom stereocenters. The molecular weight excluding hydrogens is 406 g/mol. The zero-order chi connectivity index (χ0) is 2.00. The van der Waals surface area contributed by atoms with E-state index in [0.717, 1.165) is 0 Å². The average Bonchev–Trinajstić information content (AvgIpc) is 1.00. The first-order chi connectivity index (χ1) is 1.00. The molecule has 5 heteroatoms. The summed E-state index contributed by atoms with van der Waals surface area (Å²) in [5.41, 5.74) is 0.